The number of nitrogens with one attached hydrogen (secondary N) is 1. The lowest BCUT2D eigenvalue weighted by molar-refractivity contribution is -0.113. The minimum absolute atomic E-state index is 0.138. The van der Waals surface area contributed by atoms with Crippen molar-refractivity contribution in [1.29, 1.82) is 0 Å². The molecule has 8 nitrogen and oxygen atoms in total. The first-order chi connectivity index (χ1) is 15.1. The Bertz CT molecular complexity index is 1020. The third-order valence-corrected chi connectivity index (χ3v) is 6.06. The summed E-state index contributed by atoms with van der Waals surface area (Å²) in [6.07, 6.45) is 1.66. The molecule has 0 bridgehead atoms. The van der Waals surface area contributed by atoms with E-state index in [1.165, 1.54) is 11.8 Å². The van der Waals surface area contributed by atoms with Crippen molar-refractivity contribution in [2.45, 2.75) is 12.1 Å². The van der Waals surface area contributed by atoms with Gasteiger partial charge in [0.05, 0.1) is 17.1 Å². The number of nitrogens with zero attached hydrogens (tertiary/aromatic N) is 5. The molecule has 1 N–H and O–H groups in total. The highest BCUT2D eigenvalue weighted by Crippen LogP contribution is 2.30. The summed E-state index contributed by atoms with van der Waals surface area (Å²) in [5.74, 6) is 0.296. The molecule has 0 saturated carbocycles. The number of benzene rings is 1. The summed E-state index contributed by atoms with van der Waals surface area (Å²) in [7, 11) is 0. The van der Waals surface area contributed by atoms with Crippen molar-refractivity contribution in [2.75, 3.05) is 48.7 Å². The zero-order valence-electron chi connectivity index (χ0n) is 17.1. The monoisotopic (exact) mass is 458 g/mol. The summed E-state index contributed by atoms with van der Waals surface area (Å²) in [5.41, 5.74) is 2.29. The van der Waals surface area contributed by atoms with Crippen molar-refractivity contribution in [3.63, 3.8) is 0 Å². The molecule has 0 radical (unpaired) electrons. The molecular weight excluding hydrogens is 436 g/mol. The van der Waals surface area contributed by atoms with E-state index >= 15 is 0 Å². The molecule has 1 amide bonds. The predicted octanol–water partition coefficient (Wildman–Crippen LogP) is 3.66. The molecule has 10 heteroatoms. The fourth-order valence-corrected chi connectivity index (χ4v) is 4.10. The number of thioether (sulfide) groups is 1. The van der Waals surface area contributed by atoms with Crippen LogP contribution in [0.1, 0.15) is 6.92 Å². The Balaban J connectivity index is 1.38. The molecule has 3 heterocycles. The number of hydrogen-bond acceptors (Lipinski definition) is 8. The lowest BCUT2D eigenvalue weighted by Crippen LogP contribution is -2.46. The number of aromatic nitrogens is 3. The second-order valence-corrected chi connectivity index (χ2v) is 8.37. The Morgan fingerprint density at radius 2 is 2.03 bits per heavy atom. The zero-order chi connectivity index (χ0) is 21.6. The highest BCUT2D eigenvalue weighted by atomic mass is 35.5. The van der Waals surface area contributed by atoms with Crippen LogP contribution in [-0.2, 0) is 4.79 Å². The Morgan fingerprint density at radius 3 is 2.77 bits per heavy atom. The molecule has 1 fully saturated rings. The first-order valence-electron chi connectivity index (χ1n) is 10.1. The maximum absolute atomic E-state index is 12.6. The van der Waals surface area contributed by atoms with Gasteiger partial charge in [0.2, 0.25) is 5.91 Å². The second kappa shape index (κ2) is 10.1. The van der Waals surface area contributed by atoms with Crippen LogP contribution in [0, 0.1) is 0 Å². The number of likely N-dealkylation sites (N-methyl/N-ethyl adjacent to an activating group) is 1. The Kier molecular flexibility index (Phi) is 7.06. The molecule has 162 valence electrons. The lowest BCUT2D eigenvalue weighted by Gasteiger charge is -2.36. The molecule has 0 unspecified atom stereocenters. The first-order valence-corrected chi connectivity index (χ1v) is 11.4. The SMILES string of the molecule is CCN1CCN(c2ccc(Cl)cc2NC(=O)CSc2nnc(-c3ccccn3)o2)CC1. The van der Waals surface area contributed by atoms with E-state index in [2.05, 4.69) is 37.2 Å². The maximum atomic E-state index is 12.6. The van der Waals surface area contributed by atoms with Crippen molar-refractivity contribution >= 4 is 40.6 Å². The molecule has 0 aliphatic carbocycles. The van der Waals surface area contributed by atoms with Gasteiger partial charge in [0, 0.05) is 37.4 Å². The molecule has 3 aromatic rings. The van der Waals surface area contributed by atoms with Gasteiger partial charge >= 0.3 is 0 Å². The first kappa shape index (κ1) is 21.6. The normalized spacial score (nSPS) is 14.6. The summed E-state index contributed by atoms with van der Waals surface area (Å²) in [5, 5.41) is 11.9. The van der Waals surface area contributed by atoms with Gasteiger partial charge in [0.25, 0.3) is 11.1 Å². The zero-order valence-corrected chi connectivity index (χ0v) is 18.7. The average molecular weight is 459 g/mol. The van der Waals surface area contributed by atoms with E-state index in [9.17, 15) is 4.79 Å². The maximum Gasteiger partial charge on any atom is 0.277 e. The van der Waals surface area contributed by atoms with Crippen LogP contribution in [0.2, 0.25) is 5.02 Å². The van der Waals surface area contributed by atoms with Gasteiger partial charge in [-0.2, -0.15) is 0 Å². The van der Waals surface area contributed by atoms with Gasteiger partial charge in [-0.1, -0.05) is 36.4 Å². The van der Waals surface area contributed by atoms with Gasteiger partial charge in [-0.25, -0.2) is 0 Å². The van der Waals surface area contributed by atoms with Gasteiger partial charge < -0.3 is 19.5 Å². The van der Waals surface area contributed by atoms with Crippen LogP contribution in [0.3, 0.4) is 0 Å². The minimum Gasteiger partial charge on any atom is -0.410 e. The average Bonchev–Trinajstić information content (AvgIpc) is 3.28. The van der Waals surface area contributed by atoms with E-state index in [0.717, 1.165) is 38.4 Å². The summed E-state index contributed by atoms with van der Waals surface area (Å²) in [6.45, 7) is 7.03. The summed E-state index contributed by atoms with van der Waals surface area (Å²) in [4.78, 5) is 21.5. The number of halogens is 1. The van der Waals surface area contributed by atoms with Crippen molar-refractivity contribution in [2.24, 2.45) is 0 Å². The van der Waals surface area contributed by atoms with Crippen LogP contribution in [0.4, 0.5) is 11.4 Å². The highest BCUT2D eigenvalue weighted by molar-refractivity contribution is 7.99. The van der Waals surface area contributed by atoms with Crippen LogP contribution in [0.5, 0.6) is 0 Å². The summed E-state index contributed by atoms with van der Waals surface area (Å²) in [6, 6.07) is 11.0. The lowest BCUT2D eigenvalue weighted by atomic mass is 10.2. The van der Waals surface area contributed by atoms with Crippen LogP contribution >= 0.6 is 23.4 Å². The van der Waals surface area contributed by atoms with Gasteiger partial charge in [-0.15, -0.1) is 10.2 Å². The fraction of sp³-hybridized carbons (Fsp3) is 0.333. The number of pyridine rings is 1. The molecule has 2 aromatic heterocycles. The fourth-order valence-electron chi connectivity index (χ4n) is 3.36. The number of anilines is 2. The van der Waals surface area contributed by atoms with Crippen LogP contribution in [-0.4, -0.2) is 64.5 Å². The molecule has 1 aliphatic heterocycles. The smallest absolute Gasteiger partial charge is 0.277 e. The quantitative estimate of drug-likeness (QED) is 0.537. The van der Waals surface area contributed by atoms with Gasteiger partial charge in [0.15, 0.2) is 0 Å². The van der Waals surface area contributed by atoms with E-state index in [-0.39, 0.29) is 11.7 Å². The number of piperazine rings is 1. The van der Waals surface area contributed by atoms with E-state index in [4.69, 9.17) is 16.0 Å². The largest absolute Gasteiger partial charge is 0.410 e. The van der Waals surface area contributed by atoms with Gasteiger partial charge in [-0.05, 0) is 36.9 Å². The topological polar surface area (TPSA) is 87.4 Å². The van der Waals surface area contributed by atoms with E-state index < -0.39 is 0 Å². The number of carbonyl (C=O) groups excluding carboxylic acids is 1. The molecule has 1 saturated heterocycles. The molecular formula is C21H23ClN6O2S. The predicted molar refractivity (Wildman–Crippen MR) is 123 cm³/mol. The van der Waals surface area contributed by atoms with Crippen LogP contribution in [0.25, 0.3) is 11.6 Å². The van der Waals surface area contributed by atoms with Gasteiger partial charge in [0.1, 0.15) is 5.69 Å². The van der Waals surface area contributed by atoms with E-state index in [0.29, 0.717) is 27.5 Å². The van der Waals surface area contributed by atoms with Crippen molar-refractivity contribution < 1.29 is 9.21 Å². The summed E-state index contributed by atoms with van der Waals surface area (Å²) < 4.78 is 5.59. The molecule has 0 spiro atoms. The molecule has 1 aliphatic rings. The minimum atomic E-state index is -0.168. The van der Waals surface area contributed by atoms with Crippen LogP contribution in [0.15, 0.2) is 52.2 Å². The molecule has 31 heavy (non-hydrogen) atoms. The van der Waals surface area contributed by atoms with E-state index in [1.54, 1.807) is 18.3 Å². The number of amides is 1. The van der Waals surface area contributed by atoms with Crippen molar-refractivity contribution in [1.82, 2.24) is 20.1 Å². The number of rotatable bonds is 7. The molecule has 0 atom stereocenters. The van der Waals surface area contributed by atoms with Crippen molar-refractivity contribution in [3.05, 3.63) is 47.6 Å². The molecule has 4 rings (SSSR count). The Labute approximate surface area is 190 Å². The Hall–Kier alpha value is -2.62. The van der Waals surface area contributed by atoms with Crippen LogP contribution < -0.4 is 10.2 Å². The van der Waals surface area contributed by atoms with Gasteiger partial charge in [-0.3, -0.25) is 9.78 Å². The number of hydrogen-bond donors (Lipinski definition) is 1. The Morgan fingerprint density at radius 1 is 1.19 bits per heavy atom. The second-order valence-electron chi connectivity index (χ2n) is 7.01. The third-order valence-electron chi connectivity index (χ3n) is 5.01. The summed E-state index contributed by atoms with van der Waals surface area (Å²) >= 11 is 7.38. The standard InChI is InChI=1S/C21H23ClN6O2S/c1-2-27-9-11-28(12-10-27)18-7-6-15(22)13-17(18)24-19(29)14-31-21-26-25-20(30-21)16-5-3-4-8-23-16/h3-8,13H,2,9-12,14H2,1H3,(H,24,29). The van der Waals surface area contributed by atoms with Crippen molar-refractivity contribution in [3.8, 4) is 11.6 Å². The third kappa shape index (κ3) is 5.55. The highest BCUT2D eigenvalue weighted by Gasteiger charge is 2.20. The molecule has 1 aromatic carbocycles. The number of carbonyl (C=O) groups is 1. The van der Waals surface area contributed by atoms with E-state index in [1.807, 2.05) is 24.3 Å².